The maximum Gasteiger partial charge on any atom is 0.338 e. The number of ether oxygens (including phenoxy) is 2. The van der Waals surface area contributed by atoms with Gasteiger partial charge in [0.15, 0.2) is 5.78 Å². The van der Waals surface area contributed by atoms with Crippen LogP contribution in [-0.2, 0) is 14.3 Å². The number of carbonyl (C=O) groups excluding carboxylic acids is 3. The molecule has 114 valence electrons. The van der Waals surface area contributed by atoms with E-state index in [1.807, 2.05) is 6.07 Å². The molecule has 0 fully saturated rings. The molecule has 2 rings (SSSR count). The van der Waals surface area contributed by atoms with Crippen LogP contribution in [0.2, 0.25) is 0 Å². The first-order chi connectivity index (χ1) is 10.6. The zero-order valence-corrected chi connectivity index (χ0v) is 12.4. The topological polar surface area (TPSA) is 69.7 Å². The van der Waals surface area contributed by atoms with Crippen LogP contribution >= 0.6 is 0 Å². The zero-order chi connectivity index (χ0) is 16.1. The minimum absolute atomic E-state index is 0.00846. The maximum absolute atomic E-state index is 12.3. The Labute approximate surface area is 128 Å². The first-order valence-corrected chi connectivity index (χ1v) is 6.78. The quantitative estimate of drug-likeness (QED) is 0.627. The van der Waals surface area contributed by atoms with E-state index >= 15 is 0 Å². The van der Waals surface area contributed by atoms with Gasteiger partial charge in [-0.15, -0.1) is 0 Å². The van der Waals surface area contributed by atoms with Gasteiger partial charge in [0.25, 0.3) is 0 Å². The number of Topliss-reactive ketones (excluding diaryl/α,β-unsaturated/α-hetero) is 1. The third-order valence-electron chi connectivity index (χ3n) is 3.40. The Morgan fingerprint density at radius 3 is 2.09 bits per heavy atom. The molecule has 5 nitrogen and oxygen atoms in total. The van der Waals surface area contributed by atoms with Gasteiger partial charge in [-0.05, 0) is 17.2 Å². The standard InChI is InChI=1S/C17H16O5/c1-21-16(19)9-8-15(18)13-10-14(17(20)22-2)12-7-5-3-4-6-11(12)13/h3-7,10H,8-9H2,1-2H3. The molecule has 0 atom stereocenters. The summed E-state index contributed by atoms with van der Waals surface area (Å²) in [4.78, 5) is 35.4. The van der Waals surface area contributed by atoms with Crippen LogP contribution in [0.1, 0.15) is 33.6 Å². The van der Waals surface area contributed by atoms with E-state index < -0.39 is 11.9 Å². The SMILES string of the molecule is COC(=O)CCC(=O)c1cc(C(=O)OC)c2cccccc1-2. The molecule has 0 N–H and O–H groups in total. The minimum atomic E-state index is -0.497. The van der Waals surface area contributed by atoms with Crippen LogP contribution in [0.15, 0.2) is 36.4 Å². The van der Waals surface area contributed by atoms with Gasteiger partial charge in [-0.3, -0.25) is 9.59 Å². The van der Waals surface area contributed by atoms with Crippen molar-refractivity contribution in [2.45, 2.75) is 12.8 Å². The Kier molecular flexibility index (Phi) is 4.88. The fourth-order valence-corrected chi connectivity index (χ4v) is 2.28. The van der Waals surface area contributed by atoms with Gasteiger partial charge in [0, 0.05) is 12.0 Å². The van der Waals surface area contributed by atoms with Crippen molar-refractivity contribution in [1.82, 2.24) is 0 Å². The van der Waals surface area contributed by atoms with E-state index in [0.717, 1.165) is 0 Å². The first kappa shape index (κ1) is 15.7. The first-order valence-electron chi connectivity index (χ1n) is 6.78. The van der Waals surface area contributed by atoms with Gasteiger partial charge in [0.1, 0.15) is 0 Å². The summed E-state index contributed by atoms with van der Waals surface area (Å²) in [5, 5.41) is 0. The number of hydrogen-bond donors (Lipinski definition) is 0. The van der Waals surface area contributed by atoms with Crippen LogP contribution in [-0.4, -0.2) is 31.9 Å². The van der Waals surface area contributed by atoms with E-state index in [1.165, 1.54) is 20.3 Å². The number of ketones is 1. The lowest BCUT2D eigenvalue weighted by Crippen LogP contribution is -2.06. The van der Waals surface area contributed by atoms with Crippen LogP contribution in [0.4, 0.5) is 0 Å². The van der Waals surface area contributed by atoms with Crippen LogP contribution in [0.25, 0.3) is 11.1 Å². The van der Waals surface area contributed by atoms with Crippen molar-refractivity contribution >= 4 is 17.7 Å². The van der Waals surface area contributed by atoms with Gasteiger partial charge in [-0.1, -0.05) is 30.3 Å². The van der Waals surface area contributed by atoms with Crippen molar-refractivity contribution in [1.29, 1.82) is 0 Å². The molecule has 0 aromatic rings. The molecule has 0 saturated carbocycles. The molecular weight excluding hydrogens is 284 g/mol. The normalized spacial score (nSPS) is 10.3. The fraction of sp³-hybridized carbons (Fsp3) is 0.235. The van der Waals surface area contributed by atoms with Gasteiger partial charge >= 0.3 is 11.9 Å². The zero-order valence-electron chi connectivity index (χ0n) is 12.4. The van der Waals surface area contributed by atoms with E-state index in [9.17, 15) is 14.4 Å². The predicted octanol–water partition coefficient (Wildman–Crippen LogP) is 2.71. The summed E-state index contributed by atoms with van der Waals surface area (Å²) in [5.41, 5.74) is 2.07. The number of fused-ring (bicyclic) bond motifs is 1. The van der Waals surface area contributed by atoms with Gasteiger partial charge in [-0.2, -0.15) is 0 Å². The summed E-state index contributed by atoms with van der Waals surface area (Å²) in [5.74, 6) is -1.15. The summed E-state index contributed by atoms with van der Waals surface area (Å²) in [6.45, 7) is 0. The second kappa shape index (κ2) is 6.85. The Morgan fingerprint density at radius 2 is 1.50 bits per heavy atom. The molecule has 2 aliphatic rings. The molecule has 0 heterocycles. The van der Waals surface area contributed by atoms with Gasteiger partial charge in [-0.25, -0.2) is 4.79 Å². The highest BCUT2D eigenvalue weighted by molar-refractivity contribution is 6.10. The second-order valence-electron chi connectivity index (χ2n) is 4.70. The highest BCUT2D eigenvalue weighted by Gasteiger charge is 2.24. The monoisotopic (exact) mass is 300 g/mol. The largest absolute Gasteiger partial charge is 0.469 e. The molecule has 0 amide bonds. The molecule has 0 aliphatic heterocycles. The predicted molar refractivity (Wildman–Crippen MR) is 80.0 cm³/mol. The number of hydrogen-bond acceptors (Lipinski definition) is 5. The van der Waals surface area contributed by atoms with E-state index in [-0.39, 0.29) is 18.6 Å². The van der Waals surface area contributed by atoms with Crippen molar-refractivity contribution in [2.75, 3.05) is 14.2 Å². The number of rotatable bonds is 5. The smallest absolute Gasteiger partial charge is 0.338 e. The summed E-state index contributed by atoms with van der Waals surface area (Å²) >= 11 is 0. The molecule has 22 heavy (non-hydrogen) atoms. The van der Waals surface area contributed by atoms with Crippen molar-refractivity contribution in [3.8, 4) is 11.1 Å². The van der Waals surface area contributed by atoms with E-state index in [2.05, 4.69) is 4.74 Å². The molecule has 0 aromatic carbocycles. The van der Waals surface area contributed by atoms with Crippen LogP contribution in [0.5, 0.6) is 0 Å². The number of carbonyl (C=O) groups is 3. The minimum Gasteiger partial charge on any atom is -0.469 e. The van der Waals surface area contributed by atoms with E-state index in [0.29, 0.717) is 22.3 Å². The van der Waals surface area contributed by atoms with Crippen LogP contribution in [0.3, 0.4) is 0 Å². The Hall–Kier alpha value is -2.69. The lowest BCUT2D eigenvalue weighted by Gasteiger charge is -2.01. The Morgan fingerprint density at radius 1 is 0.864 bits per heavy atom. The highest BCUT2D eigenvalue weighted by Crippen LogP contribution is 2.33. The molecule has 0 bridgehead atoms. The third-order valence-corrected chi connectivity index (χ3v) is 3.40. The van der Waals surface area contributed by atoms with Gasteiger partial charge < -0.3 is 9.47 Å². The summed E-state index contributed by atoms with van der Waals surface area (Å²) in [6, 6.07) is 10.4. The summed E-state index contributed by atoms with van der Waals surface area (Å²) < 4.78 is 9.29. The summed E-state index contributed by atoms with van der Waals surface area (Å²) in [7, 11) is 2.57. The maximum atomic E-state index is 12.3. The van der Waals surface area contributed by atoms with Crippen LogP contribution < -0.4 is 0 Å². The Balaban J connectivity index is 2.40. The fourth-order valence-electron chi connectivity index (χ4n) is 2.28. The third kappa shape index (κ3) is 3.14. The molecule has 0 saturated heterocycles. The lowest BCUT2D eigenvalue weighted by atomic mass is 10.0. The molecule has 5 heteroatoms. The molecule has 0 aromatic heterocycles. The summed E-state index contributed by atoms with van der Waals surface area (Å²) in [6.07, 6.45) is 0.0412. The average Bonchev–Trinajstić information content (AvgIpc) is 2.73. The van der Waals surface area contributed by atoms with Gasteiger partial charge in [0.05, 0.1) is 26.2 Å². The second-order valence-corrected chi connectivity index (χ2v) is 4.70. The number of methoxy groups -OCH3 is 2. The van der Waals surface area contributed by atoms with Gasteiger partial charge in [0.2, 0.25) is 0 Å². The highest BCUT2D eigenvalue weighted by atomic mass is 16.5. The van der Waals surface area contributed by atoms with Crippen LogP contribution in [0, 0.1) is 0 Å². The average molecular weight is 300 g/mol. The molecule has 2 aliphatic carbocycles. The molecule has 0 radical (unpaired) electrons. The van der Waals surface area contributed by atoms with Crippen molar-refractivity contribution in [2.24, 2.45) is 0 Å². The molecular formula is C17H16O5. The van der Waals surface area contributed by atoms with Crippen molar-refractivity contribution < 1.29 is 23.9 Å². The van der Waals surface area contributed by atoms with Crippen molar-refractivity contribution in [3.05, 3.63) is 47.5 Å². The molecule has 0 unspecified atom stereocenters. The molecule has 0 spiro atoms. The lowest BCUT2D eigenvalue weighted by molar-refractivity contribution is -0.140. The van der Waals surface area contributed by atoms with E-state index in [4.69, 9.17) is 4.74 Å². The number of esters is 2. The van der Waals surface area contributed by atoms with E-state index in [1.54, 1.807) is 24.3 Å². The van der Waals surface area contributed by atoms with Crippen molar-refractivity contribution in [3.63, 3.8) is 0 Å². The Bertz CT molecular complexity index is 689.